The molecule has 1 saturated heterocycles. The summed E-state index contributed by atoms with van der Waals surface area (Å²) in [7, 11) is 0. The molecule has 2 aromatic carbocycles. The van der Waals surface area contributed by atoms with Gasteiger partial charge in [0.15, 0.2) is 0 Å². The summed E-state index contributed by atoms with van der Waals surface area (Å²) in [4.78, 5) is 14.5. The normalized spacial score (nSPS) is 18.0. The van der Waals surface area contributed by atoms with Crippen molar-refractivity contribution in [1.82, 2.24) is 4.90 Å². The van der Waals surface area contributed by atoms with Crippen LogP contribution in [0.4, 0.5) is 15.8 Å². The van der Waals surface area contributed by atoms with Crippen LogP contribution in [-0.4, -0.2) is 37.0 Å². The van der Waals surface area contributed by atoms with E-state index in [9.17, 15) is 9.18 Å². The maximum absolute atomic E-state index is 13.3. The first kappa shape index (κ1) is 18.5. The van der Waals surface area contributed by atoms with Crippen molar-refractivity contribution in [3.05, 3.63) is 60.0 Å². The van der Waals surface area contributed by atoms with Crippen LogP contribution in [0.3, 0.4) is 0 Å². The second kappa shape index (κ2) is 8.44. The van der Waals surface area contributed by atoms with E-state index in [0.717, 1.165) is 18.0 Å². The first-order chi connectivity index (χ1) is 13.7. The van der Waals surface area contributed by atoms with E-state index >= 15 is 0 Å². The van der Waals surface area contributed by atoms with Crippen LogP contribution in [0, 0.1) is 5.82 Å². The maximum Gasteiger partial charge on any atom is 0.257 e. The smallest absolute Gasteiger partial charge is 0.257 e. The lowest BCUT2D eigenvalue weighted by Crippen LogP contribution is -2.33. The molecule has 2 aromatic rings. The number of likely N-dealkylation sites (tertiary alicyclic amines) is 1. The van der Waals surface area contributed by atoms with E-state index in [2.05, 4.69) is 15.5 Å². The monoisotopic (exact) mass is 381 g/mol. The number of nitrogens with one attached hydrogen (secondary N) is 2. The quantitative estimate of drug-likeness (QED) is 0.740. The predicted molar refractivity (Wildman–Crippen MR) is 109 cm³/mol. The average Bonchev–Trinajstić information content (AvgIpc) is 3.02. The van der Waals surface area contributed by atoms with Crippen LogP contribution < -0.4 is 15.4 Å². The molecule has 28 heavy (non-hydrogen) atoms. The standard InChI is InChI=1S/C22H24FN3O2/c23-16-4-9-19-20(22(27)25-21(19)14-16)15-24-17-5-7-18(8-6-17)28-13-12-26-10-2-1-3-11-26/h4-9,14-15,24H,1-3,10-13H2,(H,25,27)/b20-15+. The number of halogens is 1. The van der Waals surface area contributed by atoms with Crippen LogP contribution >= 0.6 is 0 Å². The van der Waals surface area contributed by atoms with Gasteiger partial charge >= 0.3 is 0 Å². The summed E-state index contributed by atoms with van der Waals surface area (Å²) in [6.07, 6.45) is 5.55. The Balaban J connectivity index is 1.32. The van der Waals surface area contributed by atoms with E-state index in [1.807, 2.05) is 24.3 Å². The van der Waals surface area contributed by atoms with Crippen molar-refractivity contribution in [1.29, 1.82) is 0 Å². The van der Waals surface area contributed by atoms with Gasteiger partial charge in [0.25, 0.3) is 5.91 Å². The van der Waals surface area contributed by atoms with Crippen molar-refractivity contribution in [3.63, 3.8) is 0 Å². The number of hydrogen-bond acceptors (Lipinski definition) is 4. The molecule has 0 radical (unpaired) electrons. The fourth-order valence-electron chi connectivity index (χ4n) is 3.59. The molecule has 0 unspecified atom stereocenters. The van der Waals surface area contributed by atoms with E-state index in [1.54, 1.807) is 12.3 Å². The Kier molecular flexibility index (Phi) is 5.58. The lowest BCUT2D eigenvalue weighted by Gasteiger charge is -2.26. The van der Waals surface area contributed by atoms with Gasteiger partial charge in [-0.15, -0.1) is 0 Å². The molecule has 2 aliphatic rings. The number of hydrogen-bond donors (Lipinski definition) is 2. The second-order valence-electron chi connectivity index (χ2n) is 7.12. The highest BCUT2D eigenvalue weighted by molar-refractivity contribution is 6.31. The van der Waals surface area contributed by atoms with Crippen LogP contribution in [0.15, 0.2) is 48.7 Å². The number of amides is 1. The van der Waals surface area contributed by atoms with E-state index in [-0.39, 0.29) is 11.7 Å². The third kappa shape index (κ3) is 4.34. The van der Waals surface area contributed by atoms with Gasteiger partial charge < -0.3 is 15.4 Å². The summed E-state index contributed by atoms with van der Waals surface area (Å²) in [5, 5.41) is 5.80. The first-order valence-electron chi connectivity index (χ1n) is 9.72. The SMILES string of the molecule is O=C1Nc2cc(F)ccc2/C1=C\Nc1ccc(OCCN2CCCCC2)cc1. The third-order valence-corrected chi connectivity index (χ3v) is 5.13. The molecule has 6 heteroatoms. The van der Waals surface area contributed by atoms with E-state index < -0.39 is 0 Å². The largest absolute Gasteiger partial charge is 0.492 e. The predicted octanol–water partition coefficient (Wildman–Crippen LogP) is 4.10. The van der Waals surface area contributed by atoms with Gasteiger partial charge in [-0.3, -0.25) is 9.69 Å². The second-order valence-corrected chi connectivity index (χ2v) is 7.12. The zero-order valence-corrected chi connectivity index (χ0v) is 15.7. The van der Waals surface area contributed by atoms with Gasteiger partial charge in [-0.05, 0) is 68.4 Å². The van der Waals surface area contributed by atoms with Crippen LogP contribution in [0.5, 0.6) is 5.75 Å². The molecule has 2 aliphatic heterocycles. The molecule has 0 bridgehead atoms. The highest BCUT2D eigenvalue weighted by atomic mass is 19.1. The Hall–Kier alpha value is -2.86. The third-order valence-electron chi connectivity index (χ3n) is 5.13. The average molecular weight is 381 g/mol. The molecule has 5 nitrogen and oxygen atoms in total. The van der Waals surface area contributed by atoms with E-state index in [4.69, 9.17) is 4.74 Å². The highest BCUT2D eigenvalue weighted by Gasteiger charge is 2.24. The molecule has 0 saturated carbocycles. The molecule has 2 heterocycles. The summed E-state index contributed by atoms with van der Waals surface area (Å²) >= 11 is 0. The molecule has 4 rings (SSSR count). The minimum atomic E-state index is -0.371. The number of rotatable bonds is 6. The van der Waals surface area contributed by atoms with Gasteiger partial charge in [0.05, 0.1) is 11.3 Å². The number of piperidine rings is 1. The Bertz CT molecular complexity index is 874. The zero-order valence-electron chi connectivity index (χ0n) is 15.7. The molecule has 0 aromatic heterocycles. The molecule has 1 amide bonds. The fourth-order valence-corrected chi connectivity index (χ4v) is 3.59. The van der Waals surface area contributed by atoms with Gasteiger partial charge in [-0.2, -0.15) is 0 Å². The van der Waals surface area contributed by atoms with Crippen molar-refractivity contribution in [2.75, 3.05) is 36.9 Å². The summed E-state index contributed by atoms with van der Waals surface area (Å²) in [5.74, 6) is 0.213. The van der Waals surface area contributed by atoms with Crippen molar-refractivity contribution in [2.45, 2.75) is 19.3 Å². The van der Waals surface area contributed by atoms with Gasteiger partial charge in [0, 0.05) is 24.0 Å². The lowest BCUT2D eigenvalue weighted by molar-refractivity contribution is -0.110. The summed E-state index contributed by atoms with van der Waals surface area (Å²) < 4.78 is 19.1. The van der Waals surface area contributed by atoms with Crippen molar-refractivity contribution in [2.24, 2.45) is 0 Å². The molecular formula is C22H24FN3O2. The topological polar surface area (TPSA) is 53.6 Å². The van der Waals surface area contributed by atoms with Crippen molar-refractivity contribution >= 4 is 22.9 Å². The van der Waals surface area contributed by atoms with Crippen molar-refractivity contribution in [3.8, 4) is 5.75 Å². The highest BCUT2D eigenvalue weighted by Crippen LogP contribution is 2.32. The molecule has 0 atom stereocenters. The summed E-state index contributed by atoms with van der Waals surface area (Å²) in [6, 6.07) is 11.9. The number of benzene rings is 2. The zero-order chi connectivity index (χ0) is 19.3. The first-order valence-corrected chi connectivity index (χ1v) is 9.72. The van der Waals surface area contributed by atoms with Crippen molar-refractivity contribution < 1.29 is 13.9 Å². The van der Waals surface area contributed by atoms with E-state index in [1.165, 1.54) is 44.5 Å². The lowest BCUT2D eigenvalue weighted by atomic mass is 10.1. The molecule has 0 spiro atoms. The Morgan fingerprint density at radius 1 is 1.11 bits per heavy atom. The van der Waals surface area contributed by atoms with Crippen LogP contribution in [-0.2, 0) is 4.79 Å². The molecule has 0 aliphatic carbocycles. The van der Waals surface area contributed by atoms with Gasteiger partial charge in [-0.25, -0.2) is 4.39 Å². The number of carbonyl (C=O) groups excluding carboxylic acids is 1. The summed E-state index contributed by atoms with van der Waals surface area (Å²) in [6.45, 7) is 3.99. The van der Waals surface area contributed by atoms with Gasteiger partial charge in [0.2, 0.25) is 0 Å². The van der Waals surface area contributed by atoms with Gasteiger partial charge in [-0.1, -0.05) is 6.42 Å². The number of anilines is 2. The number of carbonyl (C=O) groups is 1. The molecule has 1 fully saturated rings. The fraction of sp³-hybridized carbons (Fsp3) is 0.318. The Morgan fingerprint density at radius 3 is 2.68 bits per heavy atom. The van der Waals surface area contributed by atoms with Crippen LogP contribution in [0.2, 0.25) is 0 Å². The van der Waals surface area contributed by atoms with Gasteiger partial charge in [0.1, 0.15) is 18.2 Å². The minimum Gasteiger partial charge on any atom is -0.492 e. The molecule has 2 N–H and O–H groups in total. The summed E-state index contributed by atoms with van der Waals surface area (Å²) in [5.41, 5.74) is 2.52. The number of nitrogens with zero attached hydrogens (tertiary/aromatic N) is 1. The Morgan fingerprint density at radius 2 is 1.89 bits per heavy atom. The molecular weight excluding hydrogens is 357 g/mol. The molecule has 146 valence electrons. The Labute approximate surface area is 164 Å². The number of fused-ring (bicyclic) bond motifs is 1. The maximum atomic E-state index is 13.3. The van der Waals surface area contributed by atoms with Crippen LogP contribution in [0.25, 0.3) is 5.57 Å². The number of ether oxygens (including phenoxy) is 1. The van der Waals surface area contributed by atoms with Crippen LogP contribution in [0.1, 0.15) is 24.8 Å². The van der Waals surface area contributed by atoms with E-state index in [0.29, 0.717) is 23.4 Å². The minimum absolute atomic E-state index is 0.245.